The van der Waals surface area contributed by atoms with E-state index in [0.717, 1.165) is 10.6 Å². The Labute approximate surface area is 182 Å². The van der Waals surface area contributed by atoms with E-state index in [0.29, 0.717) is 19.2 Å². The highest BCUT2D eigenvalue weighted by atomic mass is 19.4. The molecular formula is C20H15F6N5O2. The third kappa shape index (κ3) is 4.08. The van der Waals surface area contributed by atoms with Crippen molar-refractivity contribution >= 4 is 17.4 Å². The van der Waals surface area contributed by atoms with Crippen molar-refractivity contribution in [1.29, 1.82) is 0 Å². The number of carbonyl (C=O) groups is 1. The van der Waals surface area contributed by atoms with E-state index >= 15 is 0 Å². The van der Waals surface area contributed by atoms with Crippen molar-refractivity contribution in [3.05, 3.63) is 51.7 Å². The number of anilines is 2. The molecule has 2 aliphatic rings. The smallest absolute Gasteiger partial charge is 0.392 e. The number of aromatic nitrogens is 2. The van der Waals surface area contributed by atoms with Gasteiger partial charge in [0.25, 0.3) is 5.56 Å². The van der Waals surface area contributed by atoms with Gasteiger partial charge in [-0.2, -0.15) is 26.3 Å². The second-order valence-electron chi connectivity index (χ2n) is 7.69. The lowest BCUT2D eigenvalue weighted by Gasteiger charge is -2.37. The van der Waals surface area contributed by atoms with Crippen LogP contribution in [-0.2, 0) is 18.3 Å². The number of nitrogens with zero attached hydrogens (tertiary/aromatic N) is 2. The number of alkyl halides is 6. The summed E-state index contributed by atoms with van der Waals surface area (Å²) in [5.41, 5.74) is -1.78. The van der Waals surface area contributed by atoms with Crippen LogP contribution in [0.3, 0.4) is 0 Å². The molecule has 7 nitrogen and oxygen atoms in total. The van der Waals surface area contributed by atoms with Crippen molar-refractivity contribution in [3.63, 3.8) is 0 Å². The first-order valence-corrected chi connectivity index (χ1v) is 9.56. The second kappa shape index (κ2) is 7.43. The lowest BCUT2D eigenvalue weighted by atomic mass is 9.85. The van der Waals surface area contributed by atoms with Gasteiger partial charge in [0.05, 0.1) is 12.9 Å². The van der Waals surface area contributed by atoms with Gasteiger partial charge in [-0.25, -0.2) is 9.78 Å². The summed E-state index contributed by atoms with van der Waals surface area (Å²) in [5, 5.41) is 4.16. The minimum absolute atomic E-state index is 0.164. The van der Waals surface area contributed by atoms with Gasteiger partial charge >= 0.3 is 18.4 Å². The van der Waals surface area contributed by atoms with Gasteiger partial charge < -0.3 is 16.4 Å². The number of amides is 2. The Kier molecular flexibility index (Phi) is 5.07. The highest BCUT2D eigenvalue weighted by molar-refractivity contribution is 5.95. The van der Waals surface area contributed by atoms with E-state index < -0.39 is 40.9 Å². The van der Waals surface area contributed by atoms with Crippen LogP contribution in [0.2, 0.25) is 0 Å². The first kappa shape index (κ1) is 22.5. The van der Waals surface area contributed by atoms with Gasteiger partial charge in [-0.3, -0.25) is 9.36 Å². The molecule has 1 aliphatic heterocycles. The van der Waals surface area contributed by atoms with E-state index in [1.165, 1.54) is 12.1 Å². The molecule has 1 aliphatic carbocycles. The third-order valence-electron chi connectivity index (χ3n) is 5.20. The number of fused-ring (bicyclic) bond motifs is 1. The van der Waals surface area contributed by atoms with E-state index in [1.54, 1.807) is 0 Å². The molecule has 0 saturated heterocycles. The number of hydrogen-bond acceptors (Lipinski definition) is 4. The van der Waals surface area contributed by atoms with Gasteiger partial charge in [-0.05, 0) is 24.5 Å². The average molecular weight is 471 g/mol. The zero-order valence-corrected chi connectivity index (χ0v) is 16.6. The van der Waals surface area contributed by atoms with Crippen LogP contribution in [0, 0.1) is 17.8 Å². The number of carbonyl (C=O) groups excluding carboxylic acids is 1. The molecule has 1 atom stereocenters. The minimum Gasteiger partial charge on any atom is -0.392 e. The number of hydrogen-bond donors (Lipinski definition) is 3. The summed E-state index contributed by atoms with van der Waals surface area (Å²) < 4.78 is 81.6. The molecule has 2 heterocycles. The molecule has 1 aromatic carbocycles. The maximum atomic E-state index is 14.1. The minimum atomic E-state index is -4.94. The molecule has 33 heavy (non-hydrogen) atoms. The monoisotopic (exact) mass is 471 g/mol. The lowest BCUT2D eigenvalue weighted by Crippen LogP contribution is -2.59. The maximum Gasteiger partial charge on any atom is 0.435 e. The molecule has 0 unspecified atom stereocenters. The number of benzene rings is 1. The third-order valence-corrected chi connectivity index (χ3v) is 5.20. The maximum absolute atomic E-state index is 14.1. The Bertz CT molecular complexity index is 1250. The summed E-state index contributed by atoms with van der Waals surface area (Å²) in [5.74, 6) is 4.58. The van der Waals surface area contributed by atoms with Crippen LogP contribution >= 0.6 is 0 Å². The summed E-state index contributed by atoms with van der Waals surface area (Å²) in [6, 6.07) is 2.41. The first-order chi connectivity index (χ1) is 15.3. The summed E-state index contributed by atoms with van der Waals surface area (Å²) >= 11 is 0. The van der Waals surface area contributed by atoms with Crippen molar-refractivity contribution in [3.8, 4) is 11.8 Å². The van der Waals surface area contributed by atoms with Crippen LogP contribution in [0.5, 0.6) is 0 Å². The van der Waals surface area contributed by atoms with Crippen LogP contribution in [0.1, 0.15) is 29.7 Å². The van der Waals surface area contributed by atoms with Crippen molar-refractivity contribution in [1.82, 2.24) is 14.9 Å². The van der Waals surface area contributed by atoms with Crippen molar-refractivity contribution < 1.29 is 31.1 Å². The van der Waals surface area contributed by atoms with E-state index in [1.807, 2.05) is 5.32 Å². The molecule has 4 N–H and O–H groups in total. The van der Waals surface area contributed by atoms with Gasteiger partial charge in [-0.1, -0.05) is 24.0 Å². The van der Waals surface area contributed by atoms with Crippen LogP contribution < -0.4 is 21.9 Å². The normalized spacial score (nSPS) is 20.2. The van der Waals surface area contributed by atoms with Gasteiger partial charge in [-0.15, -0.1) is 0 Å². The molecule has 2 amide bonds. The number of nitrogens with one attached hydrogen (secondary N) is 2. The standard InChI is InChI=1S/C20H15F6N5O2/c21-19(22,23)15-14(27)16(32)31(9-28-15)8-11-3-4-12-13(7-11)29-17(33)30-18(12,20(24,25)26)6-5-10-1-2-10/h3-4,7,9-10H,1-2,8,27H2,(H2,29,30,33)/t18-/m0/s1. The number of halogens is 6. The van der Waals surface area contributed by atoms with Crippen LogP contribution in [0.25, 0.3) is 0 Å². The van der Waals surface area contributed by atoms with E-state index in [2.05, 4.69) is 22.1 Å². The van der Waals surface area contributed by atoms with Crippen molar-refractivity contribution in [2.75, 3.05) is 11.1 Å². The fourth-order valence-corrected chi connectivity index (χ4v) is 3.38. The van der Waals surface area contributed by atoms with Gasteiger partial charge in [0.15, 0.2) is 5.69 Å². The quantitative estimate of drug-likeness (QED) is 0.463. The second-order valence-corrected chi connectivity index (χ2v) is 7.69. The largest absolute Gasteiger partial charge is 0.435 e. The molecule has 13 heteroatoms. The highest BCUT2D eigenvalue weighted by Crippen LogP contribution is 2.44. The summed E-state index contributed by atoms with van der Waals surface area (Å²) in [6.45, 7) is -0.350. The Hall–Kier alpha value is -3.69. The predicted octanol–water partition coefficient (Wildman–Crippen LogP) is 3.20. The van der Waals surface area contributed by atoms with E-state index in [-0.39, 0.29) is 29.3 Å². The number of nitrogen functional groups attached to an aromatic ring is 1. The van der Waals surface area contributed by atoms with E-state index in [4.69, 9.17) is 5.73 Å². The first-order valence-electron chi connectivity index (χ1n) is 9.56. The highest BCUT2D eigenvalue weighted by Gasteiger charge is 2.59. The lowest BCUT2D eigenvalue weighted by molar-refractivity contribution is -0.178. The molecule has 0 bridgehead atoms. The molecule has 1 saturated carbocycles. The zero-order chi connectivity index (χ0) is 24.2. The molecule has 174 valence electrons. The summed E-state index contributed by atoms with van der Waals surface area (Å²) in [7, 11) is 0. The van der Waals surface area contributed by atoms with Gasteiger partial charge in [0.2, 0.25) is 5.54 Å². The topological polar surface area (TPSA) is 102 Å². The molecule has 0 spiro atoms. The molecular weight excluding hydrogens is 456 g/mol. The average Bonchev–Trinajstić information content (AvgIpc) is 3.52. The molecule has 2 aromatic rings. The van der Waals surface area contributed by atoms with Crippen LogP contribution in [-0.4, -0.2) is 21.8 Å². The molecule has 1 aromatic heterocycles. The predicted molar refractivity (Wildman–Crippen MR) is 104 cm³/mol. The Morgan fingerprint density at radius 1 is 1.18 bits per heavy atom. The summed E-state index contributed by atoms with van der Waals surface area (Å²) in [6.07, 6.45) is -7.86. The Morgan fingerprint density at radius 2 is 1.88 bits per heavy atom. The Balaban J connectivity index is 1.74. The van der Waals surface area contributed by atoms with Crippen LogP contribution in [0.4, 0.5) is 42.5 Å². The molecule has 1 fully saturated rings. The SMILES string of the molecule is Nc1c(C(F)(F)F)ncn(Cc2ccc3c(c2)NC(=O)N[C@]3(C#CC2CC2)C(F)(F)F)c1=O. The van der Waals surface area contributed by atoms with Gasteiger partial charge in [0.1, 0.15) is 5.69 Å². The molecule has 4 rings (SSSR count). The van der Waals surface area contributed by atoms with Crippen LogP contribution in [0.15, 0.2) is 29.3 Å². The number of rotatable bonds is 2. The molecule has 0 radical (unpaired) electrons. The van der Waals surface area contributed by atoms with Gasteiger partial charge in [0, 0.05) is 17.2 Å². The fourth-order valence-electron chi connectivity index (χ4n) is 3.38. The number of urea groups is 1. The fraction of sp³-hybridized carbons (Fsp3) is 0.350. The number of nitrogens with two attached hydrogens (primary N) is 1. The van der Waals surface area contributed by atoms with Crippen molar-refractivity contribution in [2.45, 2.75) is 37.3 Å². The van der Waals surface area contributed by atoms with E-state index in [9.17, 15) is 35.9 Å². The Morgan fingerprint density at radius 3 is 2.48 bits per heavy atom. The summed E-state index contributed by atoms with van der Waals surface area (Å²) in [4.78, 5) is 27.5. The zero-order valence-electron chi connectivity index (χ0n) is 16.6. The van der Waals surface area contributed by atoms with Crippen molar-refractivity contribution in [2.24, 2.45) is 5.92 Å².